The van der Waals surface area contributed by atoms with E-state index in [2.05, 4.69) is 4.74 Å². The van der Waals surface area contributed by atoms with E-state index >= 15 is 0 Å². The average Bonchev–Trinajstić information content (AvgIpc) is 2.30. The van der Waals surface area contributed by atoms with E-state index in [-0.39, 0.29) is 0 Å². The van der Waals surface area contributed by atoms with Crippen LogP contribution in [0.1, 0.15) is 6.92 Å². The van der Waals surface area contributed by atoms with Gasteiger partial charge in [0.05, 0.1) is 6.61 Å². The molecule has 1 aliphatic heterocycles. The molecule has 1 unspecified atom stereocenters. The van der Waals surface area contributed by atoms with E-state index < -0.39 is 36.5 Å². The maximum Gasteiger partial charge on any atom is 0.185 e. The first-order chi connectivity index (χ1) is 5.95. The molecule has 0 spiro atoms. The van der Waals surface area contributed by atoms with Gasteiger partial charge < -0.3 is 25.2 Å². The number of ether oxygens (including phenoxy) is 1. The Labute approximate surface area is 74.4 Å². The van der Waals surface area contributed by atoms with Crippen LogP contribution < -0.4 is 0 Å². The molecule has 6 heteroatoms. The highest BCUT2D eigenvalue weighted by Gasteiger charge is 2.56. The molecule has 6 nitrogen and oxygen atoms in total. The first-order valence-corrected chi connectivity index (χ1v) is 3.79. The van der Waals surface area contributed by atoms with Gasteiger partial charge in [-0.05, 0) is 6.92 Å². The first kappa shape index (κ1) is 10.6. The highest BCUT2D eigenvalue weighted by atomic mass is 16.7. The van der Waals surface area contributed by atoms with Crippen LogP contribution in [0.5, 0.6) is 0 Å². The van der Waals surface area contributed by atoms with Crippen LogP contribution in [0.2, 0.25) is 0 Å². The van der Waals surface area contributed by atoms with Gasteiger partial charge in [0, 0.05) is 0 Å². The van der Waals surface area contributed by atoms with Gasteiger partial charge >= 0.3 is 0 Å². The van der Waals surface area contributed by atoms with E-state index in [0.29, 0.717) is 0 Å². The molecule has 0 bridgehead atoms. The number of hydrogen-bond acceptors (Lipinski definition) is 6. The lowest BCUT2D eigenvalue weighted by molar-refractivity contribution is -0.182. The zero-order valence-corrected chi connectivity index (χ0v) is 7.04. The minimum Gasteiger partial charge on any atom is -0.393 e. The normalized spacial score (nSPS) is 45.2. The third-order valence-corrected chi connectivity index (χ3v) is 2.26. The fraction of sp³-hybridized carbons (Fsp3) is 0.857. The highest BCUT2D eigenvalue weighted by molar-refractivity contribution is 5.86. The van der Waals surface area contributed by atoms with Crippen molar-refractivity contribution in [1.82, 2.24) is 0 Å². The van der Waals surface area contributed by atoms with Gasteiger partial charge in [-0.3, -0.25) is 4.79 Å². The summed E-state index contributed by atoms with van der Waals surface area (Å²) in [5.74, 6) is -0.641. The van der Waals surface area contributed by atoms with Crippen molar-refractivity contribution in [2.24, 2.45) is 0 Å². The van der Waals surface area contributed by atoms with Crippen molar-refractivity contribution >= 4 is 5.78 Å². The summed E-state index contributed by atoms with van der Waals surface area (Å²) in [6.07, 6.45) is -4.83. The van der Waals surface area contributed by atoms with E-state index in [1.807, 2.05) is 0 Å². The molecule has 4 N–H and O–H groups in total. The van der Waals surface area contributed by atoms with Crippen LogP contribution in [0.25, 0.3) is 0 Å². The lowest BCUT2D eigenvalue weighted by atomic mass is 9.92. The summed E-state index contributed by atoms with van der Waals surface area (Å²) >= 11 is 0. The molecule has 1 saturated heterocycles. The summed E-state index contributed by atoms with van der Waals surface area (Å²) in [5, 5.41) is 36.3. The Balaban J connectivity index is 2.96. The Hall–Kier alpha value is -0.530. The van der Waals surface area contributed by atoms with Gasteiger partial charge in [0.15, 0.2) is 17.7 Å². The van der Waals surface area contributed by atoms with Gasteiger partial charge in [-0.15, -0.1) is 0 Å². The van der Waals surface area contributed by atoms with Crippen molar-refractivity contribution in [2.75, 3.05) is 6.61 Å². The van der Waals surface area contributed by atoms with Crippen molar-refractivity contribution in [2.45, 2.75) is 31.0 Å². The smallest absolute Gasteiger partial charge is 0.185 e. The molecule has 1 aliphatic rings. The highest BCUT2D eigenvalue weighted by Crippen LogP contribution is 2.30. The second-order valence-corrected chi connectivity index (χ2v) is 3.05. The number of ketones is 1. The van der Waals surface area contributed by atoms with E-state index in [9.17, 15) is 9.90 Å². The molecule has 13 heavy (non-hydrogen) atoms. The largest absolute Gasteiger partial charge is 0.393 e. The number of rotatable bonds is 2. The molecular formula is C7H12O6. The number of Topliss-reactive ketones (excluding diaryl/α,β-unsaturated/α-hetero) is 1. The summed E-state index contributed by atoms with van der Waals surface area (Å²) < 4.78 is 4.64. The predicted molar refractivity (Wildman–Crippen MR) is 39.6 cm³/mol. The van der Waals surface area contributed by atoms with Crippen LogP contribution in [0.3, 0.4) is 0 Å². The molecule has 0 aliphatic carbocycles. The van der Waals surface area contributed by atoms with Crippen molar-refractivity contribution < 1.29 is 30.0 Å². The standard InChI is InChI=1S/C7H12O6/c1-3(9)7(2-8)5(11)4(10)6(12)13-7/h4-6,8,10-12H,2H2,1H3/t4-,5+,6?,7+/m0/s1. The lowest BCUT2D eigenvalue weighted by Crippen LogP contribution is -2.51. The van der Waals surface area contributed by atoms with E-state index in [1.54, 1.807) is 0 Å². The van der Waals surface area contributed by atoms with Gasteiger partial charge in [0.2, 0.25) is 0 Å². The third kappa shape index (κ3) is 1.36. The Kier molecular flexibility index (Phi) is 2.69. The van der Waals surface area contributed by atoms with Crippen molar-refractivity contribution in [1.29, 1.82) is 0 Å². The summed E-state index contributed by atoms with van der Waals surface area (Å²) in [7, 11) is 0. The Bertz CT molecular complexity index is 217. The number of aliphatic hydroxyl groups is 4. The van der Waals surface area contributed by atoms with Crippen molar-refractivity contribution in [3.8, 4) is 0 Å². The summed E-state index contributed by atoms with van der Waals surface area (Å²) in [6, 6.07) is 0. The maximum atomic E-state index is 11.0. The zero-order valence-electron chi connectivity index (χ0n) is 7.04. The van der Waals surface area contributed by atoms with Crippen LogP contribution in [0.15, 0.2) is 0 Å². The van der Waals surface area contributed by atoms with Gasteiger partial charge in [-0.1, -0.05) is 0 Å². The molecule has 0 aromatic carbocycles. The fourth-order valence-corrected chi connectivity index (χ4v) is 1.32. The minimum absolute atomic E-state index is 0.641. The Morgan fingerprint density at radius 1 is 1.46 bits per heavy atom. The molecule has 4 atom stereocenters. The molecule has 0 aromatic heterocycles. The van der Waals surface area contributed by atoms with E-state index in [0.717, 1.165) is 6.92 Å². The van der Waals surface area contributed by atoms with Gasteiger partial charge in [-0.25, -0.2) is 0 Å². The predicted octanol–water partition coefficient (Wildman–Crippen LogP) is -2.62. The van der Waals surface area contributed by atoms with Gasteiger partial charge in [-0.2, -0.15) is 0 Å². The topological polar surface area (TPSA) is 107 Å². The monoisotopic (exact) mass is 192 g/mol. The summed E-state index contributed by atoms with van der Waals surface area (Å²) in [5.41, 5.74) is -1.89. The number of carbonyl (C=O) groups is 1. The molecule has 76 valence electrons. The quantitative estimate of drug-likeness (QED) is 0.381. The number of hydrogen-bond donors (Lipinski definition) is 4. The molecular weight excluding hydrogens is 180 g/mol. The van der Waals surface area contributed by atoms with Crippen molar-refractivity contribution in [3.63, 3.8) is 0 Å². The first-order valence-electron chi connectivity index (χ1n) is 3.79. The van der Waals surface area contributed by atoms with Crippen LogP contribution in [0.4, 0.5) is 0 Å². The molecule has 1 rings (SSSR count). The van der Waals surface area contributed by atoms with E-state index in [4.69, 9.17) is 15.3 Å². The lowest BCUT2D eigenvalue weighted by Gasteiger charge is -2.26. The SMILES string of the molecule is CC(=O)[C@@]1(CO)OC(O)[C@@H](O)[C@H]1O. The average molecular weight is 192 g/mol. The van der Waals surface area contributed by atoms with E-state index in [1.165, 1.54) is 0 Å². The van der Waals surface area contributed by atoms with Crippen LogP contribution >= 0.6 is 0 Å². The van der Waals surface area contributed by atoms with Gasteiger partial charge in [0.25, 0.3) is 0 Å². The maximum absolute atomic E-state index is 11.0. The zero-order chi connectivity index (χ0) is 10.2. The minimum atomic E-state index is -1.89. The Morgan fingerprint density at radius 2 is 2.00 bits per heavy atom. The molecule has 0 saturated carbocycles. The van der Waals surface area contributed by atoms with Gasteiger partial charge in [0.1, 0.15) is 12.2 Å². The summed E-state index contributed by atoms with van der Waals surface area (Å²) in [6.45, 7) is 0.321. The van der Waals surface area contributed by atoms with Crippen LogP contribution in [0, 0.1) is 0 Å². The van der Waals surface area contributed by atoms with Crippen molar-refractivity contribution in [3.05, 3.63) is 0 Å². The van der Waals surface area contributed by atoms with Crippen LogP contribution in [-0.2, 0) is 9.53 Å². The number of carbonyl (C=O) groups excluding carboxylic acids is 1. The molecule has 0 radical (unpaired) electrons. The number of aliphatic hydroxyl groups excluding tert-OH is 4. The summed E-state index contributed by atoms with van der Waals surface area (Å²) in [4.78, 5) is 11.0. The molecule has 0 aromatic rings. The molecule has 0 amide bonds. The molecule has 1 fully saturated rings. The second kappa shape index (κ2) is 3.32. The Morgan fingerprint density at radius 3 is 2.15 bits per heavy atom. The molecule has 1 heterocycles. The fourth-order valence-electron chi connectivity index (χ4n) is 1.32. The van der Waals surface area contributed by atoms with Crippen LogP contribution in [-0.4, -0.2) is 56.9 Å². The third-order valence-electron chi connectivity index (χ3n) is 2.26. The second-order valence-electron chi connectivity index (χ2n) is 3.05.